The average Bonchev–Trinajstić information content (AvgIpc) is 2.70. The Labute approximate surface area is 189 Å². The van der Waals surface area contributed by atoms with Crippen LogP contribution in [-0.4, -0.2) is 22.4 Å². The Hall–Kier alpha value is -3.41. The van der Waals surface area contributed by atoms with Gasteiger partial charge in [-0.25, -0.2) is 4.98 Å². The quantitative estimate of drug-likeness (QED) is 0.490. The lowest BCUT2D eigenvalue weighted by atomic mass is 9.75. The fourth-order valence-corrected chi connectivity index (χ4v) is 4.12. The van der Waals surface area contributed by atoms with Crippen molar-refractivity contribution in [3.63, 3.8) is 0 Å². The average molecular weight is 431 g/mol. The van der Waals surface area contributed by atoms with Gasteiger partial charge in [-0.15, -0.1) is 0 Å². The summed E-state index contributed by atoms with van der Waals surface area (Å²) >= 11 is 0. The molecule has 1 aliphatic rings. The van der Waals surface area contributed by atoms with Crippen molar-refractivity contribution in [2.24, 2.45) is 5.41 Å². The van der Waals surface area contributed by atoms with Gasteiger partial charge in [0.2, 0.25) is 5.95 Å². The maximum Gasteiger partial charge on any atom is 0.229 e. The number of nitrogens with zero attached hydrogens (tertiary/aromatic N) is 2. The molecule has 4 rings (SSSR count). The van der Waals surface area contributed by atoms with E-state index in [0.29, 0.717) is 30.4 Å². The molecule has 0 radical (unpaired) electrons. The summed E-state index contributed by atoms with van der Waals surface area (Å²) in [6, 6.07) is 13.9. The minimum Gasteiger partial charge on any atom is -0.494 e. The van der Waals surface area contributed by atoms with Crippen LogP contribution >= 0.6 is 0 Å². The zero-order valence-corrected chi connectivity index (χ0v) is 19.4. The Morgan fingerprint density at radius 2 is 1.75 bits per heavy atom. The first-order valence-electron chi connectivity index (χ1n) is 11.0. The first kappa shape index (κ1) is 21.8. The first-order chi connectivity index (χ1) is 15.2. The fraction of sp³-hybridized carbons (Fsp3) is 0.346. The number of aryl methyl sites for hydroxylation is 2. The van der Waals surface area contributed by atoms with Crippen LogP contribution in [-0.2, 0) is 6.42 Å². The summed E-state index contributed by atoms with van der Waals surface area (Å²) in [7, 11) is 0. The minimum absolute atomic E-state index is 0.0798. The van der Waals surface area contributed by atoms with Crippen LogP contribution in [0.1, 0.15) is 54.4 Å². The second-order valence-electron chi connectivity index (χ2n) is 9.18. The number of carbonyl (C=O) groups is 1. The summed E-state index contributed by atoms with van der Waals surface area (Å²) in [5, 5.41) is 6.69. The van der Waals surface area contributed by atoms with Crippen molar-refractivity contribution in [3.8, 4) is 5.75 Å². The van der Waals surface area contributed by atoms with Crippen molar-refractivity contribution < 1.29 is 9.53 Å². The molecule has 1 aliphatic carbocycles. The third-order valence-corrected chi connectivity index (χ3v) is 5.60. The molecule has 0 unspecified atom stereocenters. The highest BCUT2D eigenvalue weighted by Gasteiger charge is 2.35. The molecule has 0 saturated carbocycles. The molecule has 32 heavy (non-hydrogen) atoms. The van der Waals surface area contributed by atoms with Gasteiger partial charge in [-0.05, 0) is 68.5 Å². The molecule has 0 bridgehead atoms. The highest BCUT2D eigenvalue weighted by atomic mass is 16.5. The highest BCUT2D eigenvalue weighted by Crippen LogP contribution is 2.38. The summed E-state index contributed by atoms with van der Waals surface area (Å²) in [5.41, 5.74) is 5.32. The van der Waals surface area contributed by atoms with Crippen LogP contribution in [0.5, 0.6) is 5.75 Å². The third-order valence-electron chi connectivity index (χ3n) is 5.60. The minimum atomic E-state index is -0.133. The van der Waals surface area contributed by atoms with Crippen LogP contribution in [0.25, 0.3) is 0 Å². The first-order valence-corrected chi connectivity index (χ1v) is 11.0. The van der Waals surface area contributed by atoms with Crippen molar-refractivity contribution in [1.82, 2.24) is 9.97 Å². The predicted molar refractivity (Wildman–Crippen MR) is 129 cm³/mol. The molecule has 0 aliphatic heterocycles. The Morgan fingerprint density at radius 3 is 2.44 bits per heavy atom. The molecule has 3 aromatic rings. The number of ether oxygens (including phenoxy) is 1. The molecule has 6 heteroatoms. The maximum atomic E-state index is 13.1. The fourth-order valence-electron chi connectivity index (χ4n) is 4.12. The van der Waals surface area contributed by atoms with Gasteiger partial charge in [-0.2, -0.15) is 4.98 Å². The second-order valence-corrected chi connectivity index (χ2v) is 9.18. The molecule has 2 N–H and O–H groups in total. The number of hydrogen-bond donors (Lipinski definition) is 2. The van der Waals surface area contributed by atoms with E-state index in [9.17, 15) is 4.79 Å². The number of ketones is 1. The second kappa shape index (κ2) is 8.61. The van der Waals surface area contributed by atoms with E-state index in [-0.39, 0.29) is 11.2 Å². The van der Waals surface area contributed by atoms with Crippen LogP contribution < -0.4 is 15.4 Å². The number of aromatic nitrogens is 2. The zero-order valence-electron chi connectivity index (χ0n) is 19.4. The molecule has 0 spiro atoms. The lowest BCUT2D eigenvalue weighted by molar-refractivity contribution is 0.0911. The maximum absolute atomic E-state index is 13.1. The number of rotatable bonds is 6. The molecular weight excluding hydrogens is 400 g/mol. The molecule has 1 aromatic heterocycles. The number of carbonyl (C=O) groups excluding carboxylic acids is 1. The normalized spacial score (nSPS) is 14.6. The van der Waals surface area contributed by atoms with Crippen molar-refractivity contribution in [2.45, 2.75) is 47.5 Å². The van der Waals surface area contributed by atoms with E-state index in [1.54, 1.807) is 0 Å². The van der Waals surface area contributed by atoms with E-state index in [0.717, 1.165) is 34.8 Å². The molecule has 2 aromatic carbocycles. The highest BCUT2D eigenvalue weighted by molar-refractivity contribution is 6.03. The SMILES string of the molecule is CCOc1ccc(Nc2nc3c(c(Nc4ccc(C)cc4C)n2)C(=O)CC(C)(C)C3)cc1. The lowest BCUT2D eigenvalue weighted by Crippen LogP contribution is -2.29. The van der Waals surface area contributed by atoms with Gasteiger partial charge in [0.1, 0.15) is 11.6 Å². The molecule has 0 saturated heterocycles. The molecule has 1 heterocycles. The van der Waals surface area contributed by atoms with Crippen molar-refractivity contribution >= 4 is 28.9 Å². The Kier molecular flexibility index (Phi) is 5.87. The van der Waals surface area contributed by atoms with Crippen LogP contribution in [0.2, 0.25) is 0 Å². The summed E-state index contributed by atoms with van der Waals surface area (Å²) in [4.78, 5) is 22.5. The van der Waals surface area contributed by atoms with Crippen molar-refractivity contribution in [1.29, 1.82) is 0 Å². The van der Waals surface area contributed by atoms with E-state index < -0.39 is 0 Å². The van der Waals surface area contributed by atoms with Gasteiger partial charge >= 0.3 is 0 Å². The van der Waals surface area contributed by atoms with Crippen LogP contribution in [0, 0.1) is 19.3 Å². The Balaban J connectivity index is 1.73. The van der Waals surface area contributed by atoms with E-state index in [1.165, 1.54) is 5.56 Å². The number of benzene rings is 2. The Morgan fingerprint density at radius 1 is 1.00 bits per heavy atom. The van der Waals surface area contributed by atoms with Crippen molar-refractivity contribution in [3.05, 3.63) is 64.8 Å². The Bertz CT molecular complexity index is 1150. The standard InChI is InChI=1S/C26H30N4O2/c1-6-32-19-10-8-18(9-11-19)27-25-29-21-14-26(4,5)15-22(31)23(21)24(30-25)28-20-12-7-16(2)13-17(20)3/h7-13H,6,14-15H2,1-5H3,(H2,27,28,29,30). The summed E-state index contributed by atoms with van der Waals surface area (Å²) in [5.74, 6) is 1.91. The molecule has 0 fully saturated rings. The largest absolute Gasteiger partial charge is 0.494 e. The monoisotopic (exact) mass is 430 g/mol. The molecule has 0 atom stereocenters. The number of anilines is 4. The van der Waals surface area contributed by atoms with Gasteiger partial charge in [-0.1, -0.05) is 31.5 Å². The van der Waals surface area contributed by atoms with Gasteiger partial charge in [0, 0.05) is 17.8 Å². The summed E-state index contributed by atoms with van der Waals surface area (Å²) in [6.45, 7) is 10.9. The zero-order chi connectivity index (χ0) is 22.9. The van der Waals surface area contributed by atoms with Gasteiger partial charge in [-0.3, -0.25) is 4.79 Å². The topological polar surface area (TPSA) is 76.1 Å². The van der Waals surface area contributed by atoms with Crippen LogP contribution in [0.4, 0.5) is 23.1 Å². The van der Waals surface area contributed by atoms with Gasteiger partial charge < -0.3 is 15.4 Å². The van der Waals surface area contributed by atoms with Crippen LogP contribution in [0.15, 0.2) is 42.5 Å². The molecule has 0 amide bonds. The summed E-state index contributed by atoms with van der Waals surface area (Å²) < 4.78 is 5.52. The number of fused-ring (bicyclic) bond motifs is 1. The van der Waals surface area contributed by atoms with E-state index in [4.69, 9.17) is 14.7 Å². The third kappa shape index (κ3) is 4.74. The van der Waals surface area contributed by atoms with Gasteiger partial charge in [0.05, 0.1) is 17.9 Å². The lowest BCUT2D eigenvalue weighted by Gasteiger charge is -2.30. The number of Topliss-reactive ketones (excluding diaryl/α,β-unsaturated/α-hetero) is 1. The van der Waals surface area contributed by atoms with Crippen LogP contribution in [0.3, 0.4) is 0 Å². The molecular formula is C26H30N4O2. The smallest absolute Gasteiger partial charge is 0.229 e. The predicted octanol–water partition coefficient (Wildman–Crippen LogP) is 6.13. The van der Waals surface area contributed by atoms with E-state index >= 15 is 0 Å². The number of nitrogens with one attached hydrogen (secondary N) is 2. The molecule has 166 valence electrons. The molecule has 6 nitrogen and oxygen atoms in total. The summed E-state index contributed by atoms with van der Waals surface area (Å²) in [6.07, 6.45) is 1.20. The van der Waals surface area contributed by atoms with E-state index in [2.05, 4.69) is 37.5 Å². The van der Waals surface area contributed by atoms with Gasteiger partial charge in [0.15, 0.2) is 5.78 Å². The number of hydrogen-bond acceptors (Lipinski definition) is 6. The van der Waals surface area contributed by atoms with Gasteiger partial charge in [0.25, 0.3) is 0 Å². The van der Waals surface area contributed by atoms with E-state index in [1.807, 2.05) is 50.2 Å². The van der Waals surface area contributed by atoms with Crippen molar-refractivity contribution in [2.75, 3.05) is 17.2 Å².